The molecule has 1 aliphatic heterocycles. The molecule has 1 unspecified atom stereocenters. The lowest BCUT2D eigenvalue weighted by Gasteiger charge is -2.46. The Morgan fingerprint density at radius 2 is 1.81 bits per heavy atom. The SMILES string of the molecule is CC(C(=O)O)N1CCCC2(CCCCC2)C1. The van der Waals surface area contributed by atoms with E-state index in [-0.39, 0.29) is 6.04 Å². The van der Waals surface area contributed by atoms with Crippen molar-refractivity contribution in [2.75, 3.05) is 13.1 Å². The van der Waals surface area contributed by atoms with E-state index in [0.29, 0.717) is 5.41 Å². The number of likely N-dealkylation sites (tertiary alicyclic amines) is 1. The van der Waals surface area contributed by atoms with Gasteiger partial charge >= 0.3 is 5.97 Å². The zero-order chi connectivity index (χ0) is 11.6. The van der Waals surface area contributed by atoms with Crippen molar-refractivity contribution in [1.29, 1.82) is 0 Å². The molecular weight excluding hydrogens is 202 g/mol. The normalized spacial score (nSPS) is 27.8. The van der Waals surface area contributed by atoms with E-state index in [4.69, 9.17) is 5.11 Å². The first kappa shape index (κ1) is 11.9. The minimum atomic E-state index is -0.673. The molecular formula is C13H23NO2. The second kappa shape index (κ2) is 4.74. The molecule has 1 spiro atoms. The molecule has 2 rings (SSSR count). The van der Waals surface area contributed by atoms with Crippen molar-refractivity contribution in [3.8, 4) is 0 Å². The molecule has 1 atom stereocenters. The first-order valence-corrected chi connectivity index (χ1v) is 6.60. The van der Waals surface area contributed by atoms with Gasteiger partial charge < -0.3 is 5.11 Å². The number of piperidine rings is 1. The Balaban J connectivity index is 2.00. The largest absolute Gasteiger partial charge is 0.480 e. The molecule has 16 heavy (non-hydrogen) atoms. The van der Waals surface area contributed by atoms with Gasteiger partial charge in [0.05, 0.1) is 0 Å². The van der Waals surface area contributed by atoms with Crippen molar-refractivity contribution in [2.45, 2.75) is 57.9 Å². The zero-order valence-electron chi connectivity index (χ0n) is 10.2. The fourth-order valence-corrected chi connectivity index (χ4v) is 3.44. The highest BCUT2D eigenvalue weighted by atomic mass is 16.4. The van der Waals surface area contributed by atoms with Crippen molar-refractivity contribution in [3.63, 3.8) is 0 Å². The number of hydrogen-bond donors (Lipinski definition) is 1. The summed E-state index contributed by atoms with van der Waals surface area (Å²) < 4.78 is 0. The topological polar surface area (TPSA) is 40.5 Å². The van der Waals surface area contributed by atoms with Gasteiger partial charge in [-0.2, -0.15) is 0 Å². The lowest BCUT2D eigenvalue weighted by molar-refractivity contribution is -0.144. The van der Waals surface area contributed by atoms with Gasteiger partial charge in [0.1, 0.15) is 6.04 Å². The van der Waals surface area contributed by atoms with Gasteiger partial charge in [0, 0.05) is 6.54 Å². The number of rotatable bonds is 2. The molecule has 2 aliphatic rings. The van der Waals surface area contributed by atoms with Gasteiger partial charge in [-0.3, -0.25) is 9.69 Å². The third kappa shape index (κ3) is 2.40. The molecule has 92 valence electrons. The molecule has 0 amide bonds. The highest BCUT2D eigenvalue weighted by molar-refractivity contribution is 5.72. The molecule has 0 aromatic rings. The van der Waals surface area contributed by atoms with E-state index in [1.807, 2.05) is 6.92 Å². The maximum Gasteiger partial charge on any atom is 0.320 e. The van der Waals surface area contributed by atoms with Crippen LogP contribution >= 0.6 is 0 Å². The Morgan fingerprint density at radius 3 is 2.44 bits per heavy atom. The Labute approximate surface area is 97.8 Å². The van der Waals surface area contributed by atoms with Crippen LogP contribution < -0.4 is 0 Å². The summed E-state index contributed by atoms with van der Waals surface area (Å²) in [6.45, 7) is 3.81. The van der Waals surface area contributed by atoms with Gasteiger partial charge in [-0.1, -0.05) is 19.3 Å². The summed E-state index contributed by atoms with van der Waals surface area (Å²) in [5.74, 6) is -0.673. The molecule has 1 aliphatic carbocycles. The Kier molecular flexibility index (Phi) is 3.53. The number of hydrogen-bond acceptors (Lipinski definition) is 2. The fourth-order valence-electron chi connectivity index (χ4n) is 3.44. The Bertz CT molecular complexity index is 253. The molecule has 1 saturated heterocycles. The van der Waals surface area contributed by atoms with E-state index < -0.39 is 5.97 Å². The van der Waals surface area contributed by atoms with E-state index in [1.54, 1.807) is 0 Å². The van der Waals surface area contributed by atoms with Crippen LogP contribution in [0.5, 0.6) is 0 Å². The molecule has 1 N–H and O–H groups in total. The first-order chi connectivity index (χ1) is 7.63. The van der Waals surface area contributed by atoms with Crippen LogP contribution in [0.2, 0.25) is 0 Å². The second-order valence-corrected chi connectivity index (χ2v) is 5.65. The predicted octanol–water partition coefficient (Wildman–Crippen LogP) is 2.51. The van der Waals surface area contributed by atoms with Crippen molar-refractivity contribution in [1.82, 2.24) is 4.90 Å². The van der Waals surface area contributed by atoms with Crippen LogP contribution in [0.1, 0.15) is 51.9 Å². The van der Waals surface area contributed by atoms with Crippen LogP contribution in [0.4, 0.5) is 0 Å². The predicted molar refractivity (Wildman–Crippen MR) is 63.4 cm³/mol. The van der Waals surface area contributed by atoms with Crippen molar-refractivity contribution in [2.24, 2.45) is 5.41 Å². The van der Waals surface area contributed by atoms with Crippen LogP contribution in [-0.4, -0.2) is 35.1 Å². The van der Waals surface area contributed by atoms with E-state index >= 15 is 0 Å². The second-order valence-electron chi connectivity index (χ2n) is 5.65. The van der Waals surface area contributed by atoms with Crippen LogP contribution in [0.3, 0.4) is 0 Å². The number of nitrogens with zero attached hydrogens (tertiary/aromatic N) is 1. The van der Waals surface area contributed by atoms with E-state index in [0.717, 1.165) is 13.1 Å². The fraction of sp³-hybridized carbons (Fsp3) is 0.923. The summed E-state index contributed by atoms with van der Waals surface area (Å²) in [5, 5.41) is 9.08. The van der Waals surface area contributed by atoms with Gasteiger partial charge in [-0.05, 0) is 44.6 Å². The third-order valence-corrected chi connectivity index (χ3v) is 4.51. The quantitative estimate of drug-likeness (QED) is 0.785. The Morgan fingerprint density at radius 1 is 1.19 bits per heavy atom. The number of carboxylic acid groups (broad SMARTS) is 1. The average molecular weight is 225 g/mol. The van der Waals surface area contributed by atoms with Crippen LogP contribution in [-0.2, 0) is 4.79 Å². The number of aliphatic carboxylic acids is 1. The van der Waals surface area contributed by atoms with Gasteiger partial charge in [0.25, 0.3) is 0 Å². The molecule has 0 bridgehead atoms. The van der Waals surface area contributed by atoms with Crippen molar-refractivity contribution < 1.29 is 9.90 Å². The van der Waals surface area contributed by atoms with Gasteiger partial charge in [0.2, 0.25) is 0 Å². The summed E-state index contributed by atoms with van der Waals surface area (Å²) in [6, 6.07) is -0.306. The lowest BCUT2D eigenvalue weighted by atomic mass is 9.69. The number of carbonyl (C=O) groups is 1. The standard InChI is InChI=1S/C13H23NO2/c1-11(12(15)16)14-9-5-8-13(10-14)6-3-2-4-7-13/h11H,2-10H2,1H3,(H,15,16). The summed E-state index contributed by atoms with van der Waals surface area (Å²) in [7, 11) is 0. The Hall–Kier alpha value is -0.570. The average Bonchev–Trinajstić information content (AvgIpc) is 2.29. The van der Waals surface area contributed by atoms with Crippen molar-refractivity contribution >= 4 is 5.97 Å². The van der Waals surface area contributed by atoms with Crippen LogP contribution in [0.25, 0.3) is 0 Å². The van der Waals surface area contributed by atoms with E-state index in [9.17, 15) is 4.79 Å². The summed E-state index contributed by atoms with van der Waals surface area (Å²) in [5.41, 5.74) is 0.459. The summed E-state index contributed by atoms with van der Waals surface area (Å²) in [6.07, 6.45) is 9.18. The van der Waals surface area contributed by atoms with E-state index in [1.165, 1.54) is 44.9 Å². The smallest absolute Gasteiger partial charge is 0.320 e. The summed E-state index contributed by atoms with van der Waals surface area (Å²) in [4.78, 5) is 13.2. The minimum absolute atomic E-state index is 0.306. The maximum atomic E-state index is 11.0. The molecule has 1 saturated carbocycles. The maximum absolute atomic E-state index is 11.0. The van der Waals surface area contributed by atoms with E-state index in [2.05, 4.69) is 4.90 Å². The molecule has 0 aromatic heterocycles. The molecule has 3 heteroatoms. The monoisotopic (exact) mass is 225 g/mol. The number of carboxylic acids is 1. The van der Waals surface area contributed by atoms with Gasteiger partial charge in [0.15, 0.2) is 0 Å². The van der Waals surface area contributed by atoms with Gasteiger partial charge in [-0.15, -0.1) is 0 Å². The van der Waals surface area contributed by atoms with Crippen LogP contribution in [0, 0.1) is 5.41 Å². The summed E-state index contributed by atoms with van der Waals surface area (Å²) >= 11 is 0. The lowest BCUT2D eigenvalue weighted by Crippen LogP contribution is -2.50. The first-order valence-electron chi connectivity index (χ1n) is 6.60. The molecule has 2 fully saturated rings. The zero-order valence-corrected chi connectivity index (χ0v) is 10.2. The molecule has 0 aromatic carbocycles. The van der Waals surface area contributed by atoms with Crippen LogP contribution in [0.15, 0.2) is 0 Å². The minimum Gasteiger partial charge on any atom is -0.480 e. The molecule has 1 heterocycles. The van der Waals surface area contributed by atoms with Crippen molar-refractivity contribution in [3.05, 3.63) is 0 Å². The third-order valence-electron chi connectivity index (χ3n) is 4.51. The van der Waals surface area contributed by atoms with Gasteiger partial charge in [-0.25, -0.2) is 0 Å². The highest BCUT2D eigenvalue weighted by Gasteiger charge is 2.38. The molecule has 0 radical (unpaired) electrons. The molecule has 3 nitrogen and oxygen atoms in total. The highest BCUT2D eigenvalue weighted by Crippen LogP contribution is 2.43.